The van der Waals surface area contributed by atoms with Gasteiger partial charge in [0.15, 0.2) is 0 Å². The molecule has 0 spiro atoms. The van der Waals surface area contributed by atoms with Crippen LogP contribution in [0.1, 0.15) is 47.0 Å². The average molecular weight is 306 g/mol. The van der Waals surface area contributed by atoms with Crippen molar-refractivity contribution in [1.82, 2.24) is 10.2 Å². The Labute approximate surface area is 131 Å². The summed E-state index contributed by atoms with van der Waals surface area (Å²) in [6, 6.07) is 0. The summed E-state index contributed by atoms with van der Waals surface area (Å²) in [4.78, 5) is 16.4. The quantitative estimate of drug-likeness (QED) is 0.931. The number of likely N-dealkylation sites (tertiary alicyclic amines) is 1. The van der Waals surface area contributed by atoms with Gasteiger partial charge in [0.05, 0.1) is 5.56 Å². The van der Waals surface area contributed by atoms with Crippen LogP contribution in [0, 0.1) is 11.8 Å². The zero-order valence-electron chi connectivity index (χ0n) is 13.2. The first-order chi connectivity index (χ1) is 10.2. The molecule has 1 aromatic rings. The minimum atomic E-state index is 0.280. The van der Waals surface area contributed by atoms with E-state index in [1.807, 2.05) is 7.05 Å². The van der Waals surface area contributed by atoms with Gasteiger partial charge in [-0.05, 0) is 63.1 Å². The molecule has 1 aromatic heterocycles. The number of amides is 1. The SMILES string of the molecule is CNCC1CCCN(C(=O)c2csc3c2CCC(C)C3)C1. The monoisotopic (exact) mass is 306 g/mol. The number of nitrogens with one attached hydrogen (secondary N) is 1. The van der Waals surface area contributed by atoms with Crippen molar-refractivity contribution >= 4 is 17.2 Å². The molecule has 1 fully saturated rings. The van der Waals surface area contributed by atoms with Gasteiger partial charge in [0.2, 0.25) is 0 Å². The molecule has 1 N–H and O–H groups in total. The van der Waals surface area contributed by atoms with E-state index >= 15 is 0 Å². The fourth-order valence-corrected chi connectivity index (χ4v) is 4.97. The van der Waals surface area contributed by atoms with Gasteiger partial charge < -0.3 is 10.2 Å². The summed E-state index contributed by atoms with van der Waals surface area (Å²) in [5.74, 6) is 1.67. The molecule has 0 aromatic carbocycles. The van der Waals surface area contributed by atoms with Crippen molar-refractivity contribution in [3.8, 4) is 0 Å². The van der Waals surface area contributed by atoms with Crippen LogP contribution in [0.25, 0.3) is 0 Å². The summed E-state index contributed by atoms with van der Waals surface area (Å²) >= 11 is 1.80. The van der Waals surface area contributed by atoms with E-state index in [-0.39, 0.29) is 5.91 Å². The second-order valence-corrected chi connectivity index (χ2v) is 7.68. The normalized spacial score (nSPS) is 25.7. The maximum absolute atomic E-state index is 12.9. The predicted octanol–water partition coefficient (Wildman–Crippen LogP) is 2.94. The van der Waals surface area contributed by atoms with Crippen molar-refractivity contribution in [3.63, 3.8) is 0 Å². The van der Waals surface area contributed by atoms with E-state index < -0.39 is 0 Å². The minimum absolute atomic E-state index is 0.280. The summed E-state index contributed by atoms with van der Waals surface area (Å²) in [7, 11) is 2.00. The Hall–Kier alpha value is -0.870. The molecule has 2 atom stereocenters. The summed E-state index contributed by atoms with van der Waals surface area (Å²) in [6.07, 6.45) is 5.86. The van der Waals surface area contributed by atoms with Gasteiger partial charge in [0.1, 0.15) is 0 Å². The van der Waals surface area contributed by atoms with E-state index in [0.29, 0.717) is 5.92 Å². The molecule has 1 saturated heterocycles. The zero-order valence-corrected chi connectivity index (χ0v) is 14.0. The molecular formula is C17H26N2OS. The molecule has 21 heavy (non-hydrogen) atoms. The second kappa shape index (κ2) is 6.49. The average Bonchev–Trinajstić information content (AvgIpc) is 2.90. The molecule has 4 heteroatoms. The largest absolute Gasteiger partial charge is 0.338 e. The summed E-state index contributed by atoms with van der Waals surface area (Å²) in [5, 5.41) is 5.37. The standard InChI is InChI=1S/C17H26N2OS/c1-12-5-6-14-15(11-21-16(14)8-12)17(20)19-7-3-4-13(10-19)9-18-2/h11-13,18H,3-10H2,1-2H3. The number of thiophene rings is 1. The van der Waals surface area contributed by atoms with Crippen LogP contribution in [0.3, 0.4) is 0 Å². The molecule has 3 rings (SSSR count). The van der Waals surface area contributed by atoms with Crippen LogP contribution in [0.2, 0.25) is 0 Å². The number of rotatable bonds is 3. The van der Waals surface area contributed by atoms with Crippen molar-refractivity contribution in [2.75, 3.05) is 26.7 Å². The van der Waals surface area contributed by atoms with Crippen molar-refractivity contribution in [2.45, 2.75) is 39.0 Å². The van der Waals surface area contributed by atoms with Gasteiger partial charge in [-0.1, -0.05) is 6.92 Å². The van der Waals surface area contributed by atoms with E-state index in [0.717, 1.165) is 50.4 Å². The van der Waals surface area contributed by atoms with E-state index in [2.05, 4.69) is 22.5 Å². The molecule has 0 radical (unpaired) electrons. The molecule has 2 unspecified atom stereocenters. The molecule has 0 bridgehead atoms. The molecular weight excluding hydrogens is 280 g/mol. The van der Waals surface area contributed by atoms with Crippen LogP contribution < -0.4 is 5.32 Å². The highest BCUT2D eigenvalue weighted by atomic mass is 32.1. The Balaban J connectivity index is 1.73. The van der Waals surface area contributed by atoms with Crippen molar-refractivity contribution < 1.29 is 4.79 Å². The van der Waals surface area contributed by atoms with Crippen molar-refractivity contribution in [2.24, 2.45) is 11.8 Å². The van der Waals surface area contributed by atoms with Crippen molar-refractivity contribution in [1.29, 1.82) is 0 Å². The van der Waals surface area contributed by atoms with E-state index in [1.54, 1.807) is 11.3 Å². The number of nitrogens with zero attached hydrogens (tertiary/aromatic N) is 1. The maximum Gasteiger partial charge on any atom is 0.254 e. The van der Waals surface area contributed by atoms with Gasteiger partial charge in [-0.3, -0.25) is 4.79 Å². The van der Waals surface area contributed by atoms with Crippen LogP contribution in [-0.4, -0.2) is 37.5 Å². The van der Waals surface area contributed by atoms with Crippen molar-refractivity contribution in [3.05, 3.63) is 21.4 Å². The highest BCUT2D eigenvalue weighted by Gasteiger charge is 2.28. The predicted molar refractivity (Wildman–Crippen MR) is 88.1 cm³/mol. The van der Waals surface area contributed by atoms with E-state index in [1.165, 1.54) is 23.3 Å². The lowest BCUT2D eigenvalue weighted by Crippen LogP contribution is -2.42. The Morgan fingerprint density at radius 3 is 3.14 bits per heavy atom. The first-order valence-electron chi connectivity index (χ1n) is 8.22. The summed E-state index contributed by atoms with van der Waals surface area (Å²) < 4.78 is 0. The summed E-state index contributed by atoms with van der Waals surface area (Å²) in [5.41, 5.74) is 2.37. The molecule has 3 nitrogen and oxygen atoms in total. The molecule has 116 valence electrons. The first-order valence-corrected chi connectivity index (χ1v) is 9.10. The number of piperidine rings is 1. The van der Waals surface area contributed by atoms with Crippen LogP contribution in [-0.2, 0) is 12.8 Å². The van der Waals surface area contributed by atoms with Gasteiger partial charge in [-0.15, -0.1) is 11.3 Å². The van der Waals surface area contributed by atoms with Gasteiger partial charge >= 0.3 is 0 Å². The Kier molecular flexibility index (Phi) is 4.65. The summed E-state index contributed by atoms with van der Waals surface area (Å²) in [6.45, 7) is 5.18. The number of hydrogen-bond donors (Lipinski definition) is 1. The third-order valence-electron chi connectivity index (χ3n) is 4.93. The fourth-order valence-electron chi connectivity index (χ4n) is 3.73. The maximum atomic E-state index is 12.9. The van der Waals surface area contributed by atoms with Gasteiger partial charge in [-0.2, -0.15) is 0 Å². The third kappa shape index (κ3) is 3.16. The lowest BCUT2D eigenvalue weighted by molar-refractivity contribution is 0.0673. The van der Waals surface area contributed by atoms with Crippen LogP contribution in [0.4, 0.5) is 0 Å². The zero-order chi connectivity index (χ0) is 14.8. The second-order valence-electron chi connectivity index (χ2n) is 6.72. The van der Waals surface area contributed by atoms with Gasteiger partial charge in [0.25, 0.3) is 5.91 Å². The smallest absolute Gasteiger partial charge is 0.254 e. The number of hydrogen-bond acceptors (Lipinski definition) is 3. The lowest BCUT2D eigenvalue weighted by atomic mass is 9.88. The molecule has 2 aliphatic rings. The van der Waals surface area contributed by atoms with Crippen LogP contribution in [0.5, 0.6) is 0 Å². The first kappa shape index (κ1) is 15.0. The molecule has 0 saturated carbocycles. The van der Waals surface area contributed by atoms with Gasteiger partial charge in [-0.25, -0.2) is 0 Å². The lowest BCUT2D eigenvalue weighted by Gasteiger charge is -2.33. The third-order valence-corrected chi connectivity index (χ3v) is 5.98. The number of carbonyl (C=O) groups is 1. The van der Waals surface area contributed by atoms with Crippen LogP contribution >= 0.6 is 11.3 Å². The molecule has 1 aliphatic carbocycles. The Bertz CT molecular complexity index is 509. The molecule has 1 amide bonds. The van der Waals surface area contributed by atoms with E-state index in [4.69, 9.17) is 0 Å². The van der Waals surface area contributed by atoms with Crippen LogP contribution in [0.15, 0.2) is 5.38 Å². The van der Waals surface area contributed by atoms with E-state index in [9.17, 15) is 4.79 Å². The topological polar surface area (TPSA) is 32.3 Å². The number of fused-ring (bicyclic) bond motifs is 1. The Morgan fingerprint density at radius 2 is 2.33 bits per heavy atom. The van der Waals surface area contributed by atoms with Gasteiger partial charge in [0, 0.05) is 23.3 Å². The minimum Gasteiger partial charge on any atom is -0.338 e. The molecule has 1 aliphatic heterocycles. The Morgan fingerprint density at radius 1 is 1.48 bits per heavy atom. The highest BCUT2D eigenvalue weighted by molar-refractivity contribution is 7.10. The number of carbonyl (C=O) groups excluding carboxylic acids is 1. The fraction of sp³-hybridized carbons (Fsp3) is 0.706. The molecule has 2 heterocycles. The highest BCUT2D eigenvalue weighted by Crippen LogP contribution is 2.33.